The third kappa shape index (κ3) is 3.79. The highest BCUT2D eigenvalue weighted by molar-refractivity contribution is 7.98. The van der Waals surface area contributed by atoms with E-state index in [0.717, 1.165) is 19.5 Å². The average Bonchev–Trinajstić information content (AvgIpc) is 2.22. The fourth-order valence-corrected chi connectivity index (χ4v) is 2.43. The molecule has 0 heterocycles. The summed E-state index contributed by atoms with van der Waals surface area (Å²) in [4.78, 5) is 2.45. The molecule has 0 spiro atoms. The van der Waals surface area contributed by atoms with Gasteiger partial charge in [-0.05, 0) is 26.1 Å². The van der Waals surface area contributed by atoms with Crippen molar-refractivity contribution < 1.29 is 0 Å². The minimum atomic E-state index is 0.241. The molecule has 1 unspecified atom stereocenters. The Bertz CT molecular complexity index is 135. The topological polar surface area (TPSA) is 29.3 Å². The number of likely N-dealkylation sites (N-methyl/N-ethyl adjacent to an activating group) is 1. The van der Waals surface area contributed by atoms with Gasteiger partial charge < -0.3 is 5.73 Å². The maximum Gasteiger partial charge on any atom is 0.0326 e. The minimum absolute atomic E-state index is 0.241. The van der Waals surface area contributed by atoms with Crippen LogP contribution in [0, 0.1) is 0 Å². The Morgan fingerprint density at radius 3 is 2.36 bits per heavy atom. The molecule has 0 saturated carbocycles. The Morgan fingerprint density at radius 2 is 2.00 bits per heavy atom. The molecule has 0 amide bonds. The van der Waals surface area contributed by atoms with Gasteiger partial charge in [-0.15, -0.1) is 0 Å². The molecule has 0 aromatic heterocycles. The molecule has 0 rings (SSSR count). The summed E-state index contributed by atoms with van der Waals surface area (Å²) in [6.45, 7) is 6.41. The van der Waals surface area contributed by atoms with Crippen LogP contribution in [0.2, 0.25) is 0 Å². The van der Waals surface area contributed by atoms with Gasteiger partial charge in [-0.2, -0.15) is 11.8 Å². The Kier molecular flexibility index (Phi) is 7.69. The SMILES string of the molecule is CCCC(CC)(CN)N(C)CCSC. The first kappa shape index (κ1) is 14.3. The number of thioether (sulfide) groups is 1. The molecule has 86 valence electrons. The van der Waals surface area contributed by atoms with E-state index in [1.165, 1.54) is 18.6 Å². The van der Waals surface area contributed by atoms with Crippen LogP contribution in [-0.4, -0.2) is 42.6 Å². The van der Waals surface area contributed by atoms with E-state index in [2.05, 4.69) is 32.1 Å². The first-order chi connectivity index (χ1) is 6.66. The van der Waals surface area contributed by atoms with Gasteiger partial charge in [-0.25, -0.2) is 0 Å². The van der Waals surface area contributed by atoms with Crippen LogP contribution in [-0.2, 0) is 0 Å². The summed E-state index contributed by atoms with van der Waals surface area (Å²) < 4.78 is 0. The molecule has 0 radical (unpaired) electrons. The molecule has 0 aromatic carbocycles. The van der Waals surface area contributed by atoms with E-state index in [-0.39, 0.29) is 5.54 Å². The van der Waals surface area contributed by atoms with Crippen molar-refractivity contribution in [3.05, 3.63) is 0 Å². The zero-order valence-corrected chi connectivity index (χ0v) is 11.0. The molecule has 0 bridgehead atoms. The van der Waals surface area contributed by atoms with Gasteiger partial charge in [0.05, 0.1) is 0 Å². The average molecular weight is 218 g/mol. The third-order valence-corrected chi connectivity index (χ3v) is 3.78. The molecule has 0 aliphatic rings. The van der Waals surface area contributed by atoms with Crippen molar-refractivity contribution in [1.82, 2.24) is 4.90 Å². The summed E-state index contributed by atoms with van der Waals surface area (Å²) in [5, 5.41) is 0. The predicted molar refractivity (Wildman–Crippen MR) is 68.0 cm³/mol. The molecule has 2 nitrogen and oxygen atoms in total. The van der Waals surface area contributed by atoms with Gasteiger partial charge in [-0.3, -0.25) is 4.90 Å². The number of nitrogens with two attached hydrogens (primary N) is 1. The quantitative estimate of drug-likeness (QED) is 0.677. The second kappa shape index (κ2) is 7.55. The van der Waals surface area contributed by atoms with Crippen LogP contribution in [0.5, 0.6) is 0 Å². The monoisotopic (exact) mass is 218 g/mol. The summed E-state index contributed by atoms with van der Waals surface area (Å²) in [7, 11) is 2.21. The first-order valence-corrected chi connectivity index (χ1v) is 6.96. The Hall–Kier alpha value is 0.270. The van der Waals surface area contributed by atoms with E-state index in [1.807, 2.05) is 11.8 Å². The lowest BCUT2D eigenvalue weighted by Crippen LogP contribution is -2.52. The van der Waals surface area contributed by atoms with Crippen LogP contribution in [0.15, 0.2) is 0 Å². The van der Waals surface area contributed by atoms with Crippen molar-refractivity contribution in [3.63, 3.8) is 0 Å². The van der Waals surface area contributed by atoms with E-state index in [1.54, 1.807) is 0 Å². The van der Waals surface area contributed by atoms with Gasteiger partial charge in [0.1, 0.15) is 0 Å². The second-order valence-electron chi connectivity index (χ2n) is 3.95. The van der Waals surface area contributed by atoms with Crippen molar-refractivity contribution >= 4 is 11.8 Å². The van der Waals surface area contributed by atoms with Gasteiger partial charge >= 0.3 is 0 Å². The van der Waals surface area contributed by atoms with E-state index in [9.17, 15) is 0 Å². The van der Waals surface area contributed by atoms with Gasteiger partial charge in [0.25, 0.3) is 0 Å². The minimum Gasteiger partial charge on any atom is -0.329 e. The van der Waals surface area contributed by atoms with Crippen molar-refractivity contribution in [2.75, 3.05) is 32.1 Å². The Morgan fingerprint density at radius 1 is 1.36 bits per heavy atom. The highest BCUT2D eigenvalue weighted by Gasteiger charge is 2.29. The largest absolute Gasteiger partial charge is 0.329 e. The van der Waals surface area contributed by atoms with Crippen molar-refractivity contribution in [2.45, 2.75) is 38.6 Å². The lowest BCUT2D eigenvalue weighted by Gasteiger charge is -2.40. The summed E-state index contributed by atoms with van der Waals surface area (Å²) in [5.41, 5.74) is 6.17. The molecule has 0 aromatic rings. The summed E-state index contributed by atoms with van der Waals surface area (Å²) >= 11 is 1.90. The predicted octanol–water partition coefficient (Wildman–Crippen LogP) is 2.19. The van der Waals surface area contributed by atoms with Gasteiger partial charge in [0.15, 0.2) is 0 Å². The molecule has 14 heavy (non-hydrogen) atoms. The van der Waals surface area contributed by atoms with E-state index in [0.29, 0.717) is 0 Å². The zero-order valence-electron chi connectivity index (χ0n) is 10.2. The smallest absolute Gasteiger partial charge is 0.0326 e. The first-order valence-electron chi connectivity index (χ1n) is 5.57. The number of rotatable bonds is 8. The Balaban J connectivity index is 4.28. The zero-order chi connectivity index (χ0) is 11.0. The standard InChI is InChI=1S/C11H26N2S/c1-5-7-11(6-2,10-12)13(3)8-9-14-4/h5-10,12H2,1-4H3. The fraction of sp³-hybridized carbons (Fsp3) is 1.00. The number of hydrogen-bond donors (Lipinski definition) is 1. The van der Waals surface area contributed by atoms with Crippen LogP contribution in [0.1, 0.15) is 33.1 Å². The van der Waals surface area contributed by atoms with Crippen LogP contribution in [0.25, 0.3) is 0 Å². The molecule has 3 heteroatoms. The second-order valence-corrected chi connectivity index (χ2v) is 4.93. The molecule has 0 fully saturated rings. The summed E-state index contributed by atoms with van der Waals surface area (Å²) in [6, 6.07) is 0. The van der Waals surface area contributed by atoms with Crippen LogP contribution in [0.3, 0.4) is 0 Å². The molecular formula is C11H26N2S. The molecular weight excluding hydrogens is 192 g/mol. The highest BCUT2D eigenvalue weighted by Crippen LogP contribution is 2.23. The van der Waals surface area contributed by atoms with Crippen molar-refractivity contribution in [3.8, 4) is 0 Å². The van der Waals surface area contributed by atoms with E-state index in [4.69, 9.17) is 5.73 Å². The number of hydrogen-bond acceptors (Lipinski definition) is 3. The molecule has 1 atom stereocenters. The number of nitrogens with zero attached hydrogens (tertiary/aromatic N) is 1. The van der Waals surface area contributed by atoms with Gasteiger partial charge in [0.2, 0.25) is 0 Å². The molecule has 2 N–H and O–H groups in total. The lowest BCUT2D eigenvalue weighted by atomic mass is 9.89. The summed E-state index contributed by atoms with van der Waals surface area (Å²) in [6.07, 6.45) is 5.74. The van der Waals surface area contributed by atoms with Crippen molar-refractivity contribution in [1.29, 1.82) is 0 Å². The fourth-order valence-electron chi connectivity index (χ4n) is 1.97. The molecule has 0 aliphatic carbocycles. The summed E-state index contributed by atoms with van der Waals surface area (Å²) in [5.74, 6) is 1.20. The van der Waals surface area contributed by atoms with E-state index < -0.39 is 0 Å². The van der Waals surface area contributed by atoms with Crippen LogP contribution < -0.4 is 5.73 Å². The van der Waals surface area contributed by atoms with Crippen molar-refractivity contribution in [2.24, 2.45) is 5.73 Å². The van der Waals surface area contributed by atoms with E-state index >= 15 is 0 Å². The highest BCUT2D eigenvalue weighted by atomic mass is 32.2. The maximum absolute atomic E-state index is 5.93. The molecule has 0 saturated heterocycles. The normalized spacial score (nSPS) is 15.9. The van der Waals surface area contributed by atoms with Crippen LogP contribution in [0.4, 0.5) is 0 Å². The van der Waals surface area contributed by atoms with Gasteiger partial charge in [-0.1, -0.05) is 20.3 Å². The maximum atomic E-state index is 5.93. The van der Waals surface area contributed by atoms with Gasteiger partial charge in [0, 0.05) is 24.4 Å². The Labute approximate surface area is 93.6 Å². The molecule has 0 aliphatic heterocycles. The van der Waals surface area contributed by atoms with Crippen LogP contribution >= 0.6 is 11.8 Å². The third-order valence-electron chi connectivity index (χ3n) is 3.19. The lowest BCUT2D eigenvalue weighted by molar-refractivity contribution is 0.117.